The van der Waals surface area contributed by atoms with E-state index in [1.165, 1.54) is 6.07 Å². The SMILES string of the molecule is NC(c1ccc(F)c(C(F)(F)F)c1)C1CCOC1. The van der Waals surface area contributed by atoms with E-state index >= 15 is 0 Å². The highest BCUT2D eigenvalue weighted by molar-refractivity contribution is 5.29. The van der Waals surface area contributed by atoms with Gasteiger partial charge in [-0.05, 0) is 24.1 Å². The van der Waals surface area contributed by atoms with E-state index in [9.17, 15) is 17.6 Å². The van der Waals surface area contributed by atoms with Gasteiger partial charge in [0.2, 0.25) is 0 Å². The molecule has 0 spiro atoms. The molecule has 0 amide bonds. The van der Waals surface area contributed by atoms with E-state index in [1.54, 1.807) is 0 Å². The molecule has 18 heavy (non-hydrogen) atoms. The van der Waals surface area contributed by atoms with Gasteiger partial charge in [-0.2, -0.15) is 13.2 Å². The molecule has 0 radical (unpaired) electrons. The van der Waals surface area contributed by atoms with Crippen molar-refractivity contribution in [2.24, 2.45) is 11.7 Å². The Labute approximate surface area is 102 Å². The van der Waals surface area contributed by atoms with E-state index in [1.807, 2.05) is 0 Å². The first kappa shape index (κ1) is 13.3. The second-order valence-corrected chi connectivity index (χ2v) is 4.39. The lowest BCUT2D eigenvalue weighted by atomic mass is 9.92. The molecule has 100 valence electrons. The highest BCUT2D eigenvalue weighted by Gasteiger charge is 2.35. The van der Waals surface area contributed by atoms with Crippen molar-refractivity contribution in [2.75, 3.05) is 13.2 Å². The van der Waals surface area contributed by atoms with Gasteiger partial charge in [-0.3, -0.25) is 0 Å². The molecule has 6 heteroatoms. The van der Waals surface area contributed by atoms with Gasteiger partial charge in [0.15, 0.2) is 0 Å². The molecule has 1 aliphatic heterocycles. The van der Waals surface area contributed by atoms with Crippen LogP contribution in [0.1, 0.15) is 23.6 Å². The van der Waals surface area contributed by atoms with E-state index in [2.05, 4.69) is 0 Å². The van der Waals surface area contributed by atoms with E-state index in [-0.39, 0.29) is 5.92 Å². The molecule has 1 heterocycles. The minimum atomic E-state index is -4.70. The van der Waals surface area contributed by atoms with Crippen molar-refractivity contribution in [2.45, 2.75) is 18.6 Å². The van der Waals surface area contributed by atoms with Crippen molar-refractivity contribution in [3.63, 3.8) is 0 Å². The molecular formula is C12H13F4NO. The maximum atomic E-state index is 13.1. The molecule has 2 atom stereocenters. The molecule has 2 nitrogen and oxygen atoms in total. The molecule has 0 aliphatic carbocycles. The van der Waals surface area contributed by atoms with Crippen molar-refractivity contribution < 1.29 is 22.3 Å². The molecule has 1 aliphatic rings. The third-order valence-corrected chi connectivity index (χ3v) is 3.15. The van der Waals surface area contributed by atoms with Crippen LogP contribution in [-0.2, 0) is 10.9 Å². The fraction of sp³-hybridized carbons (Fsp3) is 0.500. The van der Waals surface area contributed by atoms with Crippen molar-refractivity contribution in [3.8, 4) is 0 Å². The molecule has 1 aromatic carbocycles. The summed E-state index contributed by atoms with van der Waals surface area (Å²) >= 11 is 0. The zero-order chi connectivity index (χ0) is 13.3. The monoisotopic (exact) mass is 263 g/mol. The van der Waals surface area contributed by atoms with Gasteiger partial charge >= 0.3 is 6.18 Å². The lowest BCUT2D eigenvalue weighted by molar-refractivity contribution is -0.140. The van der Waals surface area contributed by atoms with Gasteiger partial charge < -0.3 is 10.5 Å². The molecule has 2 N–H and O–H groups in total. The summed E-state index contributed by atoms with van der Waals surface area (Å²) in [7, 11) is 0. The second kappa shape index (κ2) is 4.85. The van der Waals surface area contributed by atoms with Gasteiger partial charge in [0.1, 0.15) is 5.82 Å². The number of hydrogen-bond donors (Lipinski definition) is 1. The molecule has 1 aromatic rings. The van der Waals surface area contributed by atoms with Crippen LogP contribution < -0.4 is 5.73 Å². The Kier molecular flexibility index (Phi) is 3.59. The Hall–Kier alpha value is -1.14. The van der Waals surface area contributed by atoms with Crippen LogP contribution in [0.15, 0.2) is 18.2 Å². The zero-order valence-electron chi connectivity index (χ0n) is 9.51. The molecule has 2 rings (SSSR count). The van der Waals surface area contributed by atoms with Gasteiger partial charge in [-0.15, -0.1) is 0 Å². The number of halogens is 4. The highest BCUT2D eigenvalue weighted by Crippen LogP contribution is 2.34. The summed E-state index contributed by atoms with van der Waals surface area (Å²) in [6.45, 7) is 0.992. The molecular weight excluding hydrogens is 250 g/mol. The van der Waals surface area contributed by atoms with Crippen LogP contribution in [0.2, 0.25) is 0 Å². The summed E-state index contributed by atoms with van der Waals surface area (Å²) in [5, 5.41) is 0. The second-order valence-electron chi connectivity index (χ2n) is 4.39. The predicted molar refractivity (Wildman–Crippen MR) is 57.3 cm³/mol. The van der Waals surface area contributed by atoms with Crippen molar-refractivity contribution in [1.29, 1.82) is 0 Å². The molecule has 1 saturated heterocycles. The fourth-order valence-corrected chi connectivity index (χ4v) is 2.08. The first-order valence-electron chi connectivity index (χ1n) is 5.59. The van der Waals surface area contributed by atoms with Crippen LogP contribution in [-0.4, -0.2) is 13.2 Å². The zero-order valence-corrected chi connectivity index (χ0v) is 9.51. The number of nitrogens with two attached hydrogens (primary N) is 1. The van der Waals surface area contributed by atoms with Gasteiger partial charge in [-0.25, -0.2) is 4.39 Å². The summed E-state index contributed by atoms with van der Waals surface area (Å²) in [5.74, 6) is -1.29. The Morgan fingerprint density at radius 2 is 2.06 bits per heavy atom. The molecule has 0 saturated carbocycles. The number of rotatable bonds is 2. The van der Waals surface area contributed by atoms with Crippen LogP contribution in [0, 0.1) is 11.7 Å². The maximum Gasteiger partial charge on any atom is 0.419 e. The molecule has 0 aromatic heterocycles. The standard InChI is InChI=1S/C12H13F4NO/c13-10-2-1-7(5-9(10)12(14,15)16)11(17)8-3-4-18-6-8/h1-2,5,8,11H,3-4,6,17H2. The van der Waals surface area contributed by atoms with Crippen molar-refractivity contribution in [3.05, 3.63) is 35.1 Å². The van der Waals surface area contributed by atoms with Gasteiger partial charge in [0.05, 0.1) is 12.2 Å². The Bertz CT molecular complexity index is 427. The summed E-state index contributed by atoms with van der Waals surface area (Å²) in [6, 6.07) is 2.34. The smallest absolute Gasteiger partial charge is 0.381 e. The van der Waals surface area contributed by atoms with Crippen molar-refractivity contribution in [1.82, 2.24) is 0 Å². The summed E-state index contributed by atoms with van der Waals surface area (Å²) in [5.41, 5.74) is 4.91. The van der Waals surface area contributed by atoms with Crippen LogP contribution in [0.5, 0.6) is 0 Å². The van der Waals surface area contributed by atoms with Crippen LogP contribution in [0.25, 0.3) is 0 Å². The number of hydrogen-bond acceptors (Lipinski definition) is 2. The molecule has 2 unspecified atom stereocenters. The minimum absolute atomic E-state index is 0.0171. The normalized spacial score (nSPS) is 22.2. The Morgan fingerprint density at radius 1 is 1.33 bits per heavy atom. The number of benzene rings is 1. The lowest BCUT2D eigenvalue weighted by Gasteiger charge is -2.19. The molecule has 1 fully saturated rings. The largest absolute Gasteiger partial charge is 0.419 e. The maximum absolute atomic E-state index is 13.1. The first-order valence-corrected chi connectivity index (χ1v) is 5.59. The van der Waals surface area contributed by atoms with E-state index in [0.717, 1.165) is 12.1 Å². The highest BCUT2D eigenvalue weighted by atomic mass is 19.4. The predicted octanol–water partition coefficient (Wildman–Crippen LogP) is 2.88. The Balaban J connectivity index is 2.28. The average Bonchev–Trinajstić information content (AvgIpc) is 2.80. The topological polar surface area (TPSA) is 35.2 Å². The third-order valence-electron chi connectivity index (χ3n) is 3.15. The summed E-state index contributed by atoms with van der Waals surface area (Å²) in [6.07, 6.45) is -3.99. The lowest BCUT2D eigenvalue weighted by Crippen LogP contribution is -2.22. The van der Waals surface area contributed by atoms with E-state index < -0.39 is 23.6 Å². The quantitative estimate of drug-likeness (QED) is 0.833. The molecule has 0 bridgehead atoms. The van der Waals surface area contributed by atoms with Gasteiger partial charge in [0, 0.05) is 18.6 Å². The average molecular weight is 263 g/mol. The first-order chi connectivity index (χ1) is 8.39. The van der Waals surface area contributed by atoms with E-state index in [0.29, 0.717) is 25.2 Å². The van der Waals surface area contributed by atoms with Crippen LogP contribution in [0.3, 0.4) is 0 Å². The van der Waals surface area contributed by atoms with Crippen LogP contribution >= 0.6 is 0 Å². The van der Waals surface area contributed by atoms with Crippen molar-refractivity contribution >= 4 is 0 Å². The summed E-state index contributed by atoms with van der Waals surface area (Å²) in [4.78, 5) is 0. The third kappa shape index (κ3) is 2.64. The van der Waals surface area contributed by atoms with Gasteiger partial charge in [0.25, 0.3) is 0 Å². The number of ether oxygens (including phenoxy) is 1. The van der Waals surface area contributed by atoms with Gasteiger partial charge in [-0.1, -0.05) is 6.07 Å². The summed E-state index contributed by atoms with van der Waals surface area (Å²) < 4.78 is 56.0. The fourth-order valence-electron chi connectivity index (χ4n) is 2.08. The Morgan fingerprint density at radius 3 is 2.61 bits per heavy atom. The minimum Gasteiger partial charge on any atom is -0.381 e. The van der Waals surface area contributed by atoms with E-state index in [4.69, 9.17) is 10.5 Å². The number of alkyl halides is 3. The van der Waals surface area contributed by atoms with Crippen LogP contribution in [0.4, 0.5) is 17.6 Å².